The van der Waals surface area contributed by atoms with Gasteiger partial charge in [0.1, 0.15) is 5.75 Å². The van der Waals surface area contributed by atoms with E-state index in [4.69, 9.17) is 4.74 Å². The van der Waals surface area contributed by atoms with Crippen LogP contribution in [0.2, 0.25) is 0 Å². The highest BCUT2D eigenvalue weighted by Gasteiger charge is 2.10. The second-order valence-electron chi connectivity index (χ2n) is 8.09. The zero-order valence-electron chi connectivity index (χ0n) is 19.2. The minimum absolute atomic E-state index is 0.367. The SMILES string of the molecule is CCNC(=NCc1ccc(S(C)(=O)=O)c(C)c1)NCCc1ccc(OCC(C)C)cc1. The van der Waals surface area contributed by atoms with Gasteiger partial charge in [-0.05, 0) is 61.1 Å². The molecule has 0 heterocycles. The van der Waals surface area contributed by atoms with E-state index in [0.29, 0.717) is 17.4 Å². The van der Waals surface area contributed by atoms with Gasteiger partial charge in [0, 0.05) is 19.3 Å². The van der Waals surface area contributed by atoms with Crippen LogP contribution in [-0.4, -0.2) is 40.3 Å². The maximum Gasteiger partial charge on any atom is 0.191 e. The lowest BCUT2D eigenvalue weighted by atomic mass is 10.1. The van der Waals surface area contributed by atoms with Crippen molar-refractivity contribution in [2.75, 3.05) is 26.0 Å². The Hall–Kier alpha value is -2.54. The molecule has 2 N–H and O–H groups in total. The topological polar surface area (TPSA) is 79.8 Å². The summed E-state index contributed by atoms with van der Waals surface area (Å²) < 4.78 is 29.3. The second-order valence-corrected chi connectivity index (χ2v) is 10.1. The van der Waals surface area contributed by atoms with E-state index in [9.17, 15) is 8.42 Å². The molecular weight excluding hydrogens is 410 g/mol. The van der Waals surface area contributed by atoms with Crippen molar-refractivity contribution in [1.82, 2.24) is 10.6 Å². The summed E-state index contributed by atoms with van der Waals surface area (Å²) in [4.78, 5) is 4.99. The smallest absolute Gasteiger partial charge is 0.191 e. The lowest BCUT2D eigenvalue weighted by Gasteiger charge is -2.12. The molecule has 0 fully saturated rings. The summed E-state index contributed by atoms with van der Waals surface area (Å²) in [5.41, 5.74) is 2.94. The molecule has 0 aliphatic heterocycles. The molecule has 0 bridgehead atoms. The van der Waals surface area contributed by atoms with Crippen molar-refractivity contribution in [2.24, 2.45) is 10.9 Å². The van der Waals surface area contributed by atoms with Crippen LogP contribution in [0.1, 0.15) is 37.5 Å². The number of rotatable bonds is 10. The number of ether oxygens (including phenoxy) is 1. The van der Waals surface area contributed by atoms with Crippen molar-refractivity contribution in [3.05, 3.63) is 59.2 Å². The van der Waals surface area contributed by atoms with Gasteiger partial charge in [0.2, 0.25) is 0 Å². The van der Waals surface area contributed by atoms with Crippen LogP contribution in [0.15, 0.2) is 52.4 Å². The van der Waals surface area contributed by atoms with E-state index >= 15 is 0 Å². The molecular formula is C24H35N3O3S. The lowest BCUT2D eigenvalue weighted by Crippen LogP contribution is -2.38. The Balaban J connectivity index is 1.91. The largest absolute Gasteiger partial charge is 0.493 e. The van der Waals surface area contributed by atoms with E-state index in [2.05, 4.69) is 41.6 Å². The minimum Gasteiger partial charge on any atom is -0.493 e. The Bertz CT molecular complexity index is 968. The van der Waals surface area contributed by atoms with Gasteiger partial charge in [0.25, 0.3) is 0 Å². The quantitative estimate of drug-likeness (QED) is 0.430. The van der Waals surface area contributed by atoms with Crippen molar-refractivity contribution >= 4 is 15.8 Å². The Morgan fingerprint density at radius 3 is 2.32 bits per heavy atom. The van der Waals surface area contributed by atoms with E-state index in [0.717, 1.165) is 49.0 Å². The molecule has 31 heavy (non-hydrogen) atoms. The molecule has 0 radical (unpaired) electrons. The third-order valence-electron chi connectivity index (χ3n) is 4.62. The molecule has 2 rings (SSSR count). The molecule has 0 saturated heterocycles. The predicted octanol–water partition coefficient (Wildman–Crippen LogP) is 3.73. The van der Waals surface area contributed by atoms with Crippen LogP contribution in [-0.2, 0) is 22.8 Å². The number of benzene rings is 2. The number of aryl methyl sites for hydroxylation is 1. The summed E-state index contributed by atoms with van der Waals surface area (Å²) in [6.45, 7) is 10.8. The second kappa shape index (κ2) is 11.7. The summed E-state index contributed by atoms with van der Waals surface area (Å²) >= 11 is 0. The maximum absolute atomic E-state index is 11.8. The molecule has 0 aliphatic rings. The van der Waals surface area contributed by atoms with Gasteiger partial charge in [-0.2, -0.15) is 0 Å². The van der Waals surface area contributed by atoms with Gasteiger partial charge in [0.15, 0.2) is 15.8 Å². The monoisotopic (exact) mass is 445 g/mol. The summed E-state index contributed by atoms with van der Waals surface area (Å²) in [7, 11) is -3.21. The van der Waals surface area contributed by atoms with Crippen molar-refractivity contribution in [3.63, 3.8) is 0 Å². The molecule has 170 valence electrons. The summed E-state index contributed by atoms with van der Waals surface area (Å²) in [5, 5.41) is 6.60. The van der Waals surface area contributed by atoms with Crippen LogP contribution in [0, 0.1) is 12.8 Å². The van der Waals surface area contributed by atoms with E-state index in [1.165, 1.54) is 11.8 Å². The average Bonchev–Trinajstić information content (AvgIpc) is 2.70. The number of guanidine groups is 1. The van der Waals surface area contributed by atoms with Crippen LogP contribution in [0.25, 0.3) is 0 Å². The van der Waals surface area contributed by atoms with Gasteiger partial charge in [-0.15, -0.1) is 0 Å². The van der Waals surface area contributed by atoms with Crippen LogP contribution in [0.4, 0.5) is 0 Å². The number of nitrogens with one attached hydrogen (secondary N) is 2. The molecule has 0 aromatic heterocycles. The summed E-state index contributed by atoms with van der Waals surface area (Å²) in [6.07, 6.45) is 2.10. The van der Waals surface area contributed by atoms with Gasteiger partial charge in [0.05, 0.1) is 18.0 Å². The normalized spacial score (nSPS) is 12.1. The highest BCUT2D eigenvalue weighted by atomic mass is 32.2. The number of hydrogen-bond donors (Lipinski definition) is 2. The van der Waals surface area contributed by atoms with Gasteiger partial charge < -0.3 is 15.4 Å². The lowest BCUT2D eigenvalue weighted by molar-refractivity contribution is 0.271. The van der Waals surface area contributed by atoms with E-state index in [-0.39, 0.29) is 0 Å². The summed E-state index contributed by atoms with van der Waals surface area (Å²) in [6, 6.07) is 13.6. The van der Waals surface area contributed by atoms with Crippen molar-refractivity contribution in [1.29, 1.82) is 0 Å². The number of sulfone groups is 1. The highest BCUT2D eigenvalue weighted by molar-refractivity contribution is 7.90. The number of hydrogen-bond acceptors (Lipinski definition) is 4. The van der Waals surface area contributed by atoms with E-state index in [1.807, 2.05) is 38.1 Å². The number of aliphatic imine (C=N–C) groups is 1. The van der Waals surface area contributed by atoms with Crippen molar-refractivity contribution in [3.8, 4) is 5.75 Å². The fourth-order valence-electron chi connectivity index (χ4n) is 3.08. The molecule has 7 heteroatoms. The Morgan fingerprint density at radius 1 is 1.06 bits per heavy atom. The first-order valence-electron chi connectivity index (χ1n) is 10.7. The average molecular weight is 446 g/mol. The predicted molar refractivity (Wildman–Crippen MR) is 128 cm³/mol. The molecule has 2 aromatic carbocycles. The fourth-order valence-corrected chi connectivity index (χ4v) is 4.04. The van der Waals surface area contributed by atoms with Crippen LogP contribution < -0.4 is 15.4 Å². The fraction of sp³-hybridized carbons (Fsp3) is 0.458. The molecule has 6 nitrogen and oxygen atoms in total. The van der Waals surface area contributed by atoms with E-state index in [1.54, 1.807) is 6.07 Å². The molecule has 2 aromatic rings. The Labute approximate surface area is 187 Å². The number of nitrogens with zero attached hydrogens (tertiary/aromatic N) is 1. The molecule has 0 saturated carbocycles. The van der Waals surface area contributed by atoms with Crippen molar-refractivity contribution in [2.45, 2.75) is 45.6 Å². The molecule has 0 amide bonds. The summed E-state index contributed by atoms with van der Waals surface area (Å²) in [5.74, 6) is 2.15. The van der Waals surface area contributed by atoms with Gasteiger partial charge in [-0.3, -0.25) is 0 Å². The van der Waals surface area contributed by atoms with Gasteiger partial charge >= 0.3 is 0 Å². The molecule has 0 aliphatic carbocycles. The minimum atomic E-state index is -3.21. The standard InChI is InChI=1S/C24H35N3O3S/c1-6-25-24(27-16-21-9-12-23(19(4)15-21)31(5,28)29)26-14-13-20-7-10-22(11-8-20)30-17-18(2)3/h7-12,15,18H,6,13-14,16-17H2,1-5H3,(H2,25,26,27). The Kier molecular flexibility index (Phi) is 9.37. The molecule has 0 atom stereocenters. The Morgan fingerprint density at radius 2 is 1.74 bits per heavy atom. The van der Waals surface area contributed by atoms with E-state index < -0.39 is 9.84 Å². The van der Waals surface area contributed by atoms with Crippen LogP contribution in [0.5, 0.6) is 5.75 Å². The zero-order valence-corrected chi connectivity index (χ0v) is 20.1. The highest BCUT2D eigenvalue weighted by Crippen LogP contribution is 2.17. The van der Waals surface area contributed by atoms with Gasteiger partial charge in [-0.25, -0.2) is 13.4 Å². The third kappa shape index (κ3) is 8.61. The van der Waals surface area contributed by atoms with Crippen LogP contribution in [0.3, 0.4) is 0 Å². The van der Waals surface area contributed by atoms with Crippen LogP contribution >= 0.6 is 0 Å². The first-order valence-corrected chi connectivity index (χ1v) is 12.6. The third-order valence-corrected chi connectivity index (χ3v) is 5.87. The maximum atomic E-state index is 11.8. The first kappa shape index (κ1) is 24.7. The first-order chi connectivity index (χ1) is 14.7. The van der Waals surface area contributed by atoms with Gasteiger partial charge in [-0.1, -0.05) is 38.1 Å². The van der Waals surface area contributed by atoms with Crippen molar-refractivity contribution < 1.29 is 13.2 Å². The molecule has 0 spiro atoms. The zero-order chi connectivity index (χ0) is 22.9. The molecule has 0 unspecified atom stereocenters.